The van der Waals surface area contributed by atoms with E-state index >= 15 is 0 Å². The Morgan fingerprint density at radius 3 is 1.68 bits per heavy atom. The minimum Gasteiger partial charge on any atom is -0.504 e. The quantitative estimate of drug-likeness (QED) is 0.114. The fourth-order valence-corrected chi connectivity index (χ4v) is 8.21. The highest BCUT2D eigenvalue weighted by molar-refractivity contribution is 5.92. The lowest BCUT2D eigenvalue weighted by molar-refractivity contribution is -0.191. The number of hydrogen-bond donors (Lipinski definition) is 8. The summed E-state index contributed by atoms with van der Waals surface area (Å²) in [7, 11) is 1.68. The summed E-state index contributed by atoms with van der Waals surface area (Å²) < 4.78 is 0. The van der Waals surface area contributed by atoms with E-state index in [1.165, 1.54) is 16.8 Å². The number of aromatic hydroxyl groups is 4. The maximum atomic E-state index is 10.9. The maximum Gasteiger partial charge on any atom is 0.373 e. The number of nitrogens with zero attached hydrogens (tertiary/aromatic N) is 3. The first-order valence-corrected chi connectivity index (χ1v) is 19.0. The zero-order valence-electron chi connectivity index (χ0n) is 32.9. The Kier molecular flexibility index (Phi) is 13.8. The molecule has 4 heterocycles. The molecule has 312 valence electrons. The molecule has 0 saturated heterocycles. The van der Waals surface area contributed by atoms with Crippen molar-refractivity contribution < 1.29 is 59.7 Å². The second-order valence-corrected chi connectivity index (χ2v) is 14.9. The summed E-state index contributed by atoms with van der Waals surface area (Å²) in [6.45, 7) is 5.43. The van der Waals surface area contributed by atoms with Crippen molar-refractivity contribution in [2.24, 2.45) is 0 Å². The Labute approximate surface area is 340 Å². The fraction of sp³-hybridized carbons (Fsp3) is 0.349. The summed E-state index contributed by atoms with van der Waals surface area (Å²) >= 11 is 0. The average molecular weight is 813 g/mol. The van der Waals surface area contributed by atoms with Crippen LogP contribution in [0.25, 0.3) is 22.3 Å². The van der Waals surface area contributed by atoms with Gasteiger partial charge in [0.2, 0.25) is 0 Å². The van der Waals surface area contributed by atoms with Crippen molar-refractivity contribution in [1.29, 1.82) is 0 Å². The topological polar surface area (TPSA) is 249 Å². The molecule has 2 atom stereocenters. The lowest BCUT2D eigenvalue weighted by Crippen LogP contribution is -2.39. The van der Waals surface area contributed by atoms with E-state index in [-0.39, 0.29) is 55.3 Å². The van der Waals surface area contributed by atoms with E-state index in [4.69, 9.17) is 24.9 Å². The minimum absolute atomic E-state index is 0.00813. The van der Waals surface area contributed by atoms with Gasteiger partial charge in [-0.1, -0.05) is 42.5 Å². The third-order valence-corrected chi connectivity index (χ3v) is 10.8. The molecule has 0 spiro atoms. The van der Waals surface area contributed by atoms with Gasteiger partial charge in [-0.15, -0.1) is 0 Å². The van der Waals surface area contributed by atoms with Gasteiger partial charge in [-0.2, -0.15) is 9.59 Å². The molecule has 16 heteroatoms. The van der Waals surface area contributed by atoms with Crippen LogP contribution in [0, 0.1) is 0 Å². The predicted molar refractivity (Wildman–Crippen MR) is 215 cm³/mol. The fourth-order valence-electron chi connectivity index (χ4n) is 8.21. The first-order chi connectivity index (χ1) is 28.1. The van der Waals surface area contributed by atoms with E-state index in [1.54, 1.807) is 18.0 Å². The number of aryl methyl sites for hydroxylation is 2. The number of rotatable bonds is 8. The number of likely N-dealkylation sites (N-methyl/N-ethyl adjacent to an activating group) is 1. The molecule has 4 aliphatic heterocycles. The molecule has 0 bridgehead atoms. The van der Waals surface area contributed by atoms with E-state index in [1.807, 2.05) is 36.4 Å². The number of carbonyl (C=O) groups excluding carboxylic acids is 2. The van der Waals surface area contributed by atoms with Crippen LogP contribution in [-0.4, -0.2) is 103 Å². The number of hydrogen-bond acceptors (Lipinski definition) is 13. The van der Waals surface area contributed by atoms with Gasteiger partial charge < -0.3 is 45.5 Å². The lowest BCUT2D eigenvalue weighted by atomic mass is 9.84. The van der Waals surface area contributed by atoms with Crippen molar-refractivity contribution in [2.75, 3.05) is 36.5 Å². The summed E-state index contributed by atoms with van der Waals surface area (Å²) in [5, 5.41) is 68.5. The monoisotopic (exact) mass is 812 g/mol. The molecule has 4 aliphatic rings. The Morgan fingerprint density at radius 2 is 1.19 bits per heavy atom. The van der Waals surface area contributed by atoms with Crippen LogP contribution in [0.1, 0.15) is 54.5 Å². The highest BCUT2D eigenvalue weighted by Crippen LogP contribution is 2.52. The van der Waals surface area contributed by atoms with Crippen molar-refractivity contribution in [3.8, 4) is 45.3 Å². The predicted octanol–water partition coefficient (Wildman–Crippen LogP) is 4.52. The van der Waals surface area contributed by atoms with Gasteiger partial charge >= 0.3 is 24.1 Å². The standard InChI is InChI=1S/C21H24N2O4.C17H17NO2.C4H7NO4.CO2/c1-12-6-7-13-4-3-5-16-18-14(10-23(12)19(13)16)8-15(20(26)21(18)27)9-22(2)11-17(24)25;1-10-5-6-11-3-2-4-13-15-12(9-18(10)16(11)13)7-8-14(19)17(15)20;6-3(7)1-5-2-4(8)9;2-1-3/h3-5,8,12,26-27H,6-7,9-11H2,1-2H3,(H,24,25);2-4,7-8,10,19-20H,5-6,9H2,1H3;5H,1-2H2,(H,6,7)(H,8,9);. The Hall–Kier alpha value is -6.61. The normalized spacial score (nSPS) is 16.1. The highest BCUT2D eigenvalue weighted by atomic mass is 16.4. The number of aliphatic carboxylic acids is 3. The zero-order chi connectivity index (χ0) is 43.1. The van der Waals surface area contributed by atoms with Crippen molar-refractivity contribution in [2.45, 2.75) is 71.2 Å². The summed E-state index contributed by atoms with van der Waals surface area (Å²) in [5.74, 6) is -3.36. The van der Waals surface area contributed by atoms with Gasteiger partial charge in [0.05, 0.1) is 19.6 Å². The Balaban J connectivity index is 0.000000181. The summed E-state index contributed by atoms with van der Waals surface area (Å²) in [4.78, 5) is 53.0. The second-order valence-electron chi connectivity index (χ2n) is 14.9. The SMILES string of the molecule is CC1CCc2cccc3c2N1Cc1cc(CN(C)CC(=O)O)c(O)c(O)c1-3.CC1CCc2cccc3c2N1Cc1ccc(O)c(O)c1-3.O=C(O)CNCC(=O)O.O=C=O. The number of benzene rings is 4. The van der Waals surface area contributed by atoms with E-state index in [0.717, 1.165) is 65.7 Å². The third kappa shape index (κ3) is 9.58. The van der Waals surface area contributed by atoms with Crippen LogP contribution in [0.4, 0.5) is 11.4 Å². The Bertz CT molecular complexity index is 2260. The van der Waals surface area contributed by atoms with Gasteiger partial charge in [0.15, 0.2) is 23.0 Å². The first kappa shape index (κ1) is 43.5. The lowest BCUT2D eigenvalue weighted by Gasteiger charge is -2.42. The first-order valence-electron chi connectivity index (χ1n) is 19.0. The van der Waals surface area contributed by atoms with Gasteiger partial charge in [0, 0.05) is 70.9 Å². The number of nitrogens with one attached hydrogen (secondary N) is 1. The summed E-state index contributed by atoms with van der Waals surface area (Å²) in [6, 6.07) is 18.7. The second kappa shape index (κ2) is 18.8. The van der Waals surface area contributed by atoms with Crippen LogP contribution in [0.15, 0.2) is 54.6 Å². The molecule has 8 N–H and O–H groups in total. The van der Waals surface area contributed by atoms with Gasteiger partial charge in [-0.05, 0) is 81.0 Å². The number of carbonyl (C=O) groups is 3. The van der Waals surface area contributed by atoms with Gasteiger partial charge in [-0.25, -0.2) is 0 Å². The van der Waals surface area contributed by atoms with Crippen LogP contribution >= 0.6 is 0 Å². The summed E-state index contributed by atoms with van der Waals surface area (Å²) in [5.41, 5.74) is 11.1. The van der Waals surface area contributed by atoms with Crippen molar-refractivity contribution in [3.05, 3.63) is 82.4 Å². The maximum absolute atomic E-state index is 10.9. The van der Waals surface area contributed by atoms with E-state index < -0.39 is 17.9 Å². The molecule has 0 aromatic heterocycles. The zero-order valence-corrected chi connectivity index (χ0v) is 32.9. The van der Waals surface area contributed by atoms with Crippen LogP contribution < -0.4 is 15.1 Å². The highest BCUT2D eigenvalue weighted by Gasteiger charge is 2.35. The van der Waals surface area contributed by atoms with Gasteiger partial charge in [0.25, 0.3) is 0 Å². The molecule has 0 saturated carbocycles. The number of phenols is 4. The molecule has 0 amide bonds. The molecule has 0 aliphatic carbocycles. The molecule has 2 unspecified atom stereocenters. The molecule has 16 nitrogen and oxygen atoms in total. The smallest absolute Gasteiger partial charge is 0.373 e. The Morgan fingerprint density at radius 1 is 0.695 bits per heavy atom. The van der Waals surface area contributed by atoms with Crippen LogP contribution in [0.5, 0.6) is 23.0 Å². The number of carboxylic acids is 3. The number of carboxylic acid groups (broad SMARTS) is 3. The number of fused-ring (bicyclic) bond motifs is 4. The van der Waals surface area contributed by atoms with E-state index in [2.05, 4.69) is 41.1 Å². The van der Waals surface area contributed by atoms with E-state index in [9.17, 15) is 34.8 Å². The van der Waals surface area contributed by atoms with Crippen LogP contribution in [0.2, 0.25) is 0 Å². The van der Waals surface area contributed by atoms with E-state index in [0.29, 0.717) is 29.8 Å². The number of anilines is 2. The number of phenolic OH excluding ortho intramolecular Hbond substituents is 4. The molecular formula is C43H48N4O12. The molecule has 8 rings (SSSR count). The van der Waals surface area contributed by atoms with Crippen LogP contribution in [-0.2, 0) is 56.4 Å². The molecule has 4 aromatic carbocycles. The molecule has 4 aromatic rings. The van der Waals surface area contributed by atoms with Crippen molar-refractivity contribution in [3.63, 3.8) is 0 Å². The van der Waals surface area contributed by atoms with Crippen molar-refractivity contribution in [1.82, 2.24) is 10.2 Å². The number of para-hydroxylation sites is 2. The molecule has 0 radical (unpaired) electrons. The average Bonchev–Trinajstić information content (AvgIpc) is 3.18. The molecule has 59 heavy (non-hydrogen) atoms. The third-order valence-electron chi connectivity index (χ3n) is 10.8. The molecular weight excluding hydrogens is 764 g/mol. The minimum atomic E-state index is -1.06. The molecule has 0 fully saturated rings. The van der Waals surface area contributed by atoms with Gasteiger partial charge in [-0.3, -0.25) is 24.6 Å². The van der Waals surface area contributed by atoms with Crippen molar-refractivity contribution >= 4 is 35.4 Å². The van der Waals surface area contributed by atoms with Gasteiger partial charge in [0.1, 0.15) is 0 Å². The largest absolute Gasteiger partial charge is 0.504 e. The summed E-state index contributed by atoms with van der Waals surface area (Å²) in [6.07, 6.45) is 4.59. The van der Waals surface area contributed by atoms with Crippen LogP contribution in [0.3, 0.4) is 0 Å².